The summed E-state index contributed by atoms with van der Waals surface area (Å²) in [6, 6.07) is 0. The molecule has 0 aromatic carbocycles. The van der Waals surface area contributed by atoms with E-state index in [1.54, 1.807) is 12.2 Å². The largest absolute Gasteiger partial charge is 0.324 e. The van der Waals surface area contributed by atoms with Crippen molar-refractivity contribution in [2.45, 2.75) is 6.42 Å². The van der Waals surface area contributed by atoms with Gasteiger partial charge in [-0.15, -0.1) is 12.4 Å². The van der Waals surface area contributed by atoms with Crippen LogP contribution in [0.4, 0.5) is 0 Å². The van der Waals surface area contributed by atoms with Gasteiger partial charge in [0.2, 0.25) is 10.3 Å². The van der Waals surface area contributed by atoms with Crippen molar-refractivity contribution >= 4 is 27.6 Å². The summed E-state index contributed by atoms with van der Waals surface area (Å²) >= 11 is 0. The van der Waals surface area contributed by atoms with E-state index in [1.807, 2.05) is 0 Å². The Labute approximate surface area is 78.1 Å². The Balaban J connectivity index is 0.00000121. The van der Waals surface area contributed by atoms with E-state index in [0.717, 1.165) is 5.70 Å². The lowest BCUT2D eigenvalue weighted by molar-refractivity contribution is 0.627. The predicted molar refractivity (Wildman–Crippen MR) is 50.3 cm³/mol. The summed E-state index contributed by atoms with van der Waals surface area (Å²) in [6.07, 6.45) is 5.27. The van der Waals surface area contributed by atoms with Gasteiger partial charge in [-0.1, -0.05) is 6.08 Å². The zero-order valence-corrected chi connectivity index (χ0v) is 7.78. The molecule has 3 N–H and O–H groups in total. The second kappa shape index (κ2) is 4.97. The lowest BCUT2D eigenvalue weighted by atomic mass is 10.1. The van der Waals surface area contributed by atoms with Crippen LogP contribution < -0.4 is 11.3 Å². The van der Waals surface area contributed by atoms with Gasteiger partial charge in [-0.05, 0) is 12.2 Å². The van der Waals surface area contributed by atoms with Gasteiger partial charge in [0.15, 0.2) is 0 Å². The summed E-state index contributed by atoms with van der Waals surface area (Å²) < 4.78 is 20.8. The molecule has 0 radical (unpaired) electrons. The number of nitrogens with two attached hydrogens (primary N) is 1. The van der Waals surface area contributed by atoms with E-state index in [1.165, 1.54) is 6.08 Å². The van der Waals surface area contributed by atoms with Gasteiger partial charge in [-0.2, -0.15) is 8.42 Å². The van der Waals surface area contributed by atoms with Crippen molar-refractivity contribution < 1.29 is 8.42 Å². The molecule has 0 aliphatic heterocycles. The van der Waals surface area contributed by atoms with E-state index < -0.39 is 10.3 Å². The molecule has 0 saturated heterocycles. The van der Waals surface area contributed by atoms with Crippen molar-refractivity contribution in [1.29, 1.82) is 0 Å². The molecule has 6 heteroatoms. The van der Waals surface area contributed by atoms with E-state index in [2.05, 4.69) is 5.43 Å². The van der Waals surface area contributed by atoms with Crippen molar-refractivity contribution in [3.63, 3.8) is 0 Å². The highest BCUT2D eigenvalue weighted by atomic mass is 35.5. The lowest BCUT2D eigenvalue weighted by Crippen LogP contribution is -2.21. The monoisotopic (exact) mass is 208 g/mol. The van der Waals surface area contributed by atoms with Gasteiger partial charge in [0.25, 0.3) is 0 Å². The van der Waals surface area contributed by atoms with Gasteiger partial charge < -0.3 is 5.43 Å². The molecule has 12 heavy (non-hydrogen) atoms. The first-order chi connectivity index (χ1) is 5.24. The Morgan fingerprint density at radius 3 is 2.42 bits per heavy atom. The number of hydrogen-bond acceptors (Lipinski definition) is 4. The highest BCUT2D eigenvalue weighted by Crippen LogP contribution is 2.02. The third kappa shape index (κ3) is 2.69. The fourth-order valence-corrected chi connectivity index (χ4v) is 1.16. The number of hydrazine groups is 1. The molecule has 0 unspecified atom stereocenters. The maximum atomic E-state index is 10.4. The zero-order chi connectivity index (χ0) is 8.27. The summed E-state index contributed by atoms with van der Waals surface area (Å²) in [5, 5.41) is 0. The standard InChI is InChI=1S/C6H8N2O2S.ClH/c7-8-5-1-3-6(4-2-5)11(9)10;/h1-3,8H,4,7H2;1H. The Morgan fingerprint density at radius 2 is 2.08 bits per heavy atom. The van der Waals surface area contributed by atoms with Crippen LogP contribution in [0.2, 0.25) is 0 Å². The maximum absolute atomic E-state index is 10.4. The van der Waals surface area contributed by atoms with Crippen LogP contribution in [0.15, 0.2) is 23.9 Å². The third-order valence-electron chi connectivity index (χ3n) is 1.35. The number of allylic oxidation sites excluding steroid dienone is 3. The Bertz CT molecular complexity index is 335. The highest BCUT2D eigenvalue weighted by Gasteiger charge is 2.01. The Morgan fingerprint density at radius 1 is 1.42 bits per heavy atom. The van der Waals surface area contributed by atoms with Crippen molar-refractivity contribution in [2.75, 3.05) is 0 Å². The molecule has 0 saturated carbocycles. The first-order valence-electron chi connectivity index (χ1n) is 3.04. The Kier molecular flexibility index (Phi) is 4.65. The zero-order valence-electron chi connectivity index (χ0n) is 6.15. The maximum Gasteiger partial charge on any atom is 0.217 e. The topological polar surface area (TPSA) is 72.2 Å². The predicted octanol–water partition coefficient (Wildman–Crippen LogP) is -0.233. The van der Waals surface area contributed by atoms with E-state index >= 15 is 0 Å². The van der Waals surface area contributed by atoms with E-state index in [-0.39, 0.29) is 12.4 Å². The number of halogens is 1. The fraction of sp³-hybridized carbons (Fsp3) is 0.167. The van der Waals surface area contributed by atoms with Crippen LogP contribution in [0.3, 0.4) is 0 Å². The summed E-state index contributed by atoms with van der Waals surface area (Å²) in [7, 11) is -2.10. The lowest BCUT2D eigenvalue weighted by Gasteiger charge is -2.04. The second-order valence-corrected chi connectivity index (χ2v) is 3.04. The molecule has 0 heterocycles. The average Bonchev–Trinajstić information content (AvgIpc) is 2.05. The summed E-state index contributed by atoms with van der Waals surface area (Å²) in [5.41, 5.74) is 3.16. The molecule has 0 aromatic rings. The normalized spacial score (nSPS) is 14.8. The molecule has 1 aliphatic carbocycles. The molecule has 4 nitrogen and oxygen atoms in total. The average molecular weight is 209 g/mol. The second-order valence-electron chi connectivity index (χ2n) is 2.04. The van der Waals surface area contributed by atoms with Crippen LogP contribution >= 0.6 is 12.4 Å². The number of rotatable bonds is 1. The van der Waals surface area contributed by atoms with Crippen LogP contribution in [0.25, 0.3) is 0 Å². The molecule has 0 atom stereocenters. The molecule has 0 spiro atoms. The number of nitrogens with one attached hydrogen (secondary N) is 1. The van der Waals surface area contributed by atoms with Crippen LogP contribution in [-0.2, 0) is 10.3 Å². The first kappa shape index (κ1) is 11.2. The van der Waals surface area contributed by atoms with Crippen LogP contribution in [0, 0.1) is 0 Å². The van der Waals surface area contributed by atoms with Crippen LogP contribution in [-0.4, -0.2) is 13.3 Å². The third-order valence-corrected chi connectivity index (χ3v) is 2.08. The van der Waals surface area contributed by atoms with Crippen LogP contribution in [0.5, 0.6) is 0 Å². The number of hydrogen-bond donors (Lipinski definition) is 2. The van der Waals surface area contributed by atoms with Crippen molar-refractivity contribution in [1.82, 2.24) is 5.43 Å². The fourth-order valence-electron chi connectivity index (χ4n) is 0.760. The summed E-state index contributed by atoms with van der Waals surface area (Å²) in [4.78, 5) is 0.379. The molecule has 0 fully saturated rings. The molecular formula is C6H9ClN2O2S. The molecule has 0 amide bonds. The van der Waals surface area contributed by atoms with Gasteiger partial charge in [-0.3, -0.25) is 5.84 Å². The van der Waals surface area contributed by atoms with E-state index in [4.69, 9.17) is 5.84 Å². The van der Waals surface area contributed by atoms with Gasteiger partial charge in [0.05, 0.1) is 4.86 Å². The quantitative estimate of drug-likeness (QED) is 0.355. The van der Waals surface area contributed by atoms with Crippen molar-refractivity contribution in [3.8, 4) is 0 Å². The minimum Gasteiger partial charge on any atom is -0.324 e. The molecule has 1 rings (SSSR count). The summed E-state index contributed by atoms with van der Waals surface area (Å²) in [6.45, 7) is 0. The molecule has 68 valence electrons. The minimum atomic E-state index is -2.10. The highest BCUT2D eigenvalue weighted by molar-refractivity contribution is 7.73. The molecular weight excluding hydrogens is 200 g/mol. The van der Waals surface area contributed by atoms with Crippen molar-refractivity contribution in [2.24, 2.45) is 5.84 Å². The van der Waals surface area contributed by atoms with E-state index in [9.17, 15) is 8.42 Å². The molecule has 0 bridgehead atoms. The Hall–Kier alpha value is -0.780. The molecule has 0 aromatic heterocycles. The van der Waals surface area contributed by atoms with Crippen LogP contribution in [0.1, 0.15) is 6.42 Å². The van der Waals surface area contributed by atoms with Crippen molar-refractivity contribution in [3.05, 3.63) is 23.9 Å². The van der Waals surface area contributed by atoms with E-state index in [0.29, 0.717) is 11.3 Å². The minimum absolute atomic E-state index is 0. The SMILES string of the molecule is Cl.NNC1=CCC(=S(=O)=O)C=C1. The smallest absolute Gasteiger partial charge is 0.217 e. The van der Waals surface area contributed by atoms with Gasteiger partial charge >= 0.3 is 0 Å². The summed E-state index contributed by atoms with van der Waals surface area (Å²) in [5.74, 6) is 5.09. The van der Waals surface area contributed by atoms with Gasteiger partial charge in [0, 0.05) is 12.1 Å². The van der Waals surface area contributed by atoms with Gasteiger partial charge in [0.1, 0.15) is 0 Å². The van der Waals surface area contributed by atoms with Gasteiger partial charge in [-0.25, -0.2) is 0 Å². The molecule has 1 aliphatic rings. The first-order valence-corrected chi connectivity index (χ1v) is 4.11.